The number of rotatable bonds is 5. The quantitative estimate of drug-likeness (QED) is 0.167. The van der Waals surface area contributed by atoms with Gasteiger partial charge in [-0.2, -0.15) is 0 Å². The number of thiocarbonyl (C=S) groups is 1. The van der Waals surface area contributed by atoms with Gasteiger partial charge in [0.05, 0.1) is 10.7 Å². The number of guanidine groups is 1. The maximum atomic E-state index is 6.41. The standard InChI is InChI=1S/C25H26ClN7S/c1-15-7-6-10-21(22(15)26)31-25(34)33-23(32-24-29-16(2)13-17(3)30-24)27-12-11-18-14-28-20-9-5-4-8-19(18)20/h4-10,13-14,28H,11-12H2,1-3H3,(H3,27,29,30,31,32,33,34). The highest BCUT2D eigenvalue weighted by Crippen LogP contribution is 2.25. The lowest BCUT2D eigenvalue weighted by atomic mass is 10.1. The number of H-pyrrole nitrogens is 1. The van der Waals surface area contributed by atoms with E-state index in [2.05, 4.69) is 43.0 Å². The summed E-state index contributed by atoms with van der Waals surface area (Å²) >= 11 is 11.9. The first-order valence-electron chi connectivity index (χ1n) is 10.9. The molecule has 0 aliphatic heterocycles. The lowest BCUT2D eigenvalue weighted by Gasteiger charge is -2.15. The third kappa shape index (κ3) is 5.89. The Morgan fingerprint density at radius 2 is 1.79 bits per heavy atom. The summed E-state index contributed by atoms with van der Waals surface area (Å²) in [4.78, 5) is 16.9. The van der Waals surface area contributed by atoms with Gasteiger partial charge in [-0.3, -0.25) is 10.3 Å². The Balaban J connectivity index is 1.51. The van der Waals surface area contributed by atoms with E-state index in [4.69, 9.17) is 28.8 Å². The van der Waals surface area contributed by atoms with Crippen molar-refractivity contribution >= 4 is 57.4 Å². The molecule has 2 aromatic carbocycles. The number of benzene rings is 2. The van der Waals surface area contributed by atoms with E-state index >= 15 is 0 Å². The fraction of sp³-hybridized carbons (Fsp3) is 0.200. The van der Waals surface area contributed by atoms with Gasteiger partial charge in [0.1, 0.15) is 0 Å². The van der Waals surface area contributed by atoms with Crippen LogP contribution in [0.25, 0.3) is 10.9 Å². The molecule has 0 amide bonds. The van der Waals surface area contributed by atoms with E-state index in [0.717, 1.165) is 34.6 Å². The van der Waals surface area contributed by atoms with E-state index in [1.165, 1.54) is 10.9 Å². The number of halogens is 1. The second-order valence-electron chi connectivity index (χ2n) is 7.95. The molecule has 7 nitrogen and oxygen atoms in total. The van der Waals surface area contributed by atoms with Crippen LogP contribution in [0.5, 0.6) is 0 Å². The molecular weight excluding hydrogens is 466 g/mol. The number of hydrogen-bond donors (Lipinski definition) is 4. The molecule has 0 aliphatic rings. The van der Waals surface area contributed by atoms with Crippen molar-refractivity contribution in [2.75, 3.05) is 17.2 Å². The molecule has 0 saturated heterocycles. The van der Waals surface area contributed by atoms with Crippen molar-refractivity contribution in [3.05, 3.63) is 82.3 Å². The van der Waals surface area contributed by atoms with E-state index in [1.807, 2.05) is 63.4 Å². The van der Waals surface area contributed by atoms with Crippen LogP contribution in [0.2, 0.25) is 5.02 Å². The topological polar surface area (TPSA) is 90.0 Å². The van der Waals surface area contributed by atoms with Crippen LogP contribution in [-0.2, 0) is 6.42 Å². The van der Waals surface area contributed by atoms with Gasteiger partial charge in [-0.05, 0) is 68.7 Å². The molecule has 0 saturated carbocycles. The maximum absolute atomic E-state index is 6.41. The first-order valence-corrected chi connectivity index (χ1v) is 11.7. The van der Waals surface area contributed by atoms with E-state index in [-0.39, 0.29) is 0 Å². The van der Waals surface area contributed by atoms with Crippen molar-refractivity contribution in [3.8, 4) is 0 Å². The number of anilines is 2. The highest BCUT2D eigenvalue weighted by Gasteiger charge is 2.10. The summed E-state index contributed by atoms with van der Waals surface area (Å²) in [5.74, 6) is 0.901. The molecule has 0 bridgehead atoms. The highest BCUT2D eigenvalue weighted by atomic mass is 35.5. The summed E-state index contributed by atoms with van der Waals surface area (Å²) < 4.78 is 0. The Labute approximate surface area is 209 Å². The molecule has 0 radical (unpaired) electrons. The Hall–Kier alpha value is -3.49. The minimum absolute atomic E-state index is 0.357. The average Bonchev–Trinajstić information content (AvgIpc) is 3.19. The van der Waals surface area contributed by atoms with Gasteiger partial charge in [0, 0.05) is 35.0 Å². The molecule has 0 atom stereocenters. The zero-order chi connectivity index (χ0) is 24.1. The minimum Gasteiger partial charge on any atom is -0.361 e. The highest BCUT2D eigenvalue weighted by molar-refractivity contribution is 7.80. The Kier molecular flexibility index (Phi) is 7.40. The van der Waals surface area contributed by atoms with Crippen molar-refractivity contribution < 1.29 is 0 Å². The smallest absolute Gasteiger partial charge is 0.229 e. The number of fused-ring (bicyclic) bond motifs is 1. The van der Waals surface area contributed by atoms with Gasteiger partial charge in [-0.1, -0.05) is 41.9 Å². The van der Waals surface area contributed by atoms with Crippen LogP contribution < -0.4 is 16.0 Å². The van der Waals surface area contributed by atoms with E-state index in [1.54, 1.807) is 0 Å². The summed E-state index contributed by atoms with van der Waals surface area (Å²) in [5.41, 5.74) is 5.72. The van der Waals surface area contributed by atoms with Crippen LogP contribution in [0, 0.1) is 20.8 Å². The van der Waals surface area contributed by atoms with Crippen LogP contribution in [0.15, 0.2) is 59.7 Å². The van der Waals surface area contributed by atoms with Gasteiger partial charge in [0.15, 0.2) is 5.11 Å². The predicted octanol–water partition coefficient (Wildman–Crippen LogP) is 5.53. The second-order valence-corrected chi connectivity index (χ2v) is 8.74. The molecule has 0 spiro atoms. The first-order chi connectivity index (χ1) is 16.4. The molecule has 9 heteroatoms. The molecule has 0 fully saturated rings. The summed E-state index contributed by atoms with van der Waals surface area (Å²) in [6.07, 6.45) is 2.79. The second kappa shape index (κ2) is 10.6. The average molecular weight is 492 g/mol. The molecular formula is C25H26ClN7S. The third-order valence-electron chi connectivity index (χ3n) is 5.21. The van der Waals surface area contributed by atoms with Crippen molar-refractivity contribution in [1.29, 1.82) is 0 Å². The summed E-state index contributed by atoms with van der Waals surface area (Å²) in [6.45, 7) is 6.33. The molecule has 0 aliphatic carbocycles. The SMILES string of the molecule is Cc1cc(C)nc(NC(=NCCc2c[nH]c3ccccc23)NC(=S)Nc2cccc(C)c2Cl)n1. The van der Waals surface area contributed by atoms with Crippen LogP contribution in [-0.4, -0.2) is 32.6 Å². The number of aliphatic imine (C=N–C) groups is 1. The van der Waals surface area contributed by atoms with Gasteiger partial charge < -0.3 is 15.6 Å². The largest absolute Gasteiger partial charge is 0.361 e. The molecule has 4 rings (SSSR count). The van der Waals surface area contributed by atoms with Crippen molar-refractivity contribution in [2.45, 2.75) is 27.2 Å². The normalized spacial score (nSPS) is 11.5. The zero-order valence-corrected chi connectivity index (χ0v) is 20.8. The van der Waals surface area contributed by atoms with Crippen LogP contribution >= 0.6 is 23.8 Å². The molecule has 4 N–H and O–H groups in total. The molecule has 174 valence electrons. The monoisotopic (exact) mass is 491 g/mol. The van der Waals surface area contributed by atoms with Crippen molar-refractivity contribution in [1.82, 2.24) is 20.3 Å². The summed E-state index contributed by atoms with van der Waals surface area (Å²) in [5, 5.41) is 11.6. The minimum atomic E-state index is 0.357. The van der Waals surface area contributed by atoms with Crippen LogP contribution in [0.1, 0.15) is 22.5 Å². The summed E-state index contributed by atoms with van der Waals surface area (Å²) in [7, 11) is 0. The number of aromatic amines is 1. The first kappa shape index (κ1) is 23.7. The molecule has 4 aromatic rings. The molecule has 34 heavy (non-hydrogen) atoms. The maximum Gasteiger partial charge on any atom is 0.229 e. The van der Waals surface area contributed by atoms with Crippen molar-refractivity contribution in [3.63, 3.8) is 0 Å². The van der Waals surface area contributed by atoms with E-state index in [9.17, 15) is 0 Å². The van der Waals surface area contributed by atoms with E-state index in [0.29, 0.717) is 28.6 Å². The van der Waals surface area contributed by atoms with Crippen LogP contribution in [0.3, 0.4) is 0 Å². The Morgan fingerprint density at radius 3 is 2.59 bits per heavy atom. The van der Waals surface area contributed by atoms with E-state index < -0.39 is 0 Å². The zero-order valence-electron chi connectivity index (χ0n) is 19.2. The number of aromatic nitrogens is 3. The molecule has 0 unspecified atom stereocenters. The number of nitrogens with zero attached hydrogens (tertiary/aromatic N) is 3. The third-order valence-corrected chi connectivity index (χ3v) is 5.92. The van der Waals surface area contributed by atoms with Gasteiger partial charge in [0.25, 0.3) is 0 Å². The van der Waals surface area contributed by atoms with Crippen molar-refractivity contribution in [2.24, 2.45) is 4.99 Å². The number of nitrogens with one attached hydrogen (secondary N) is 4. The van der Waals surface area contributed by atoms with Gasteiger partial charge >= 0.3 is 0 Å². The van der Waals surface area contributed by atoms with Gasteiger partial charge in [-0.15, -0.1) is 0 Å². The Morgan fingerprint density at radius 1 is 1.03 bits per heavy atom. The summed E-state index contributed by atoms with van der Waals surface area (Å²) in [6, 6.07) is 15.9. The number of para-hydroxylation sites is 1. The lowest BCUT2D eigenvalue weighted by molar-refractivity contribution is 0.963. The molecule has 2 heterocycles. The fourth-order valence-corrected chi connectivity index (χ4v) is 4.01. The fourth-order valence-electron chi connectivity index (χ4n) is 3.63. The van der Waals surface area contributed by atoms with Crippen LogP contribution in [0.4, 0.5) is 11.6 Å². The number of hydrogen-bond acceptors (Lipinski definition) is 4. The Bertz CT molecular complexity index is 1340. The lowest BCUT2D eigenvalue weighted by Crippen LogP contribution is -2.39. The number of aryl methyl sites for hydroxylation is 3. The van der Waals surface area contributed by atoms with Gasteiger partial charge in [0.2, 0.25) is 11.9 Å². The molecule has 2 aromatic heterocycles. The predicted molar refractivity (Wildman–Crippen MR) is 145 cm³/mol. The van der Waals surface area contributed by atoms with Gasteiger partial charge in [-0.25, -0.2) is 9.97 Å².